The molecule has 1 heterocycles. The van der Waals surface area contributed by atoms with E-state index >= 15 is 0 Å². The fourth-order valence-corrected chi connectivity index (χ4v) is 4.31. The van der Waals surface area contributed by atoms with Crippen molar-refractivity contribution in [3.63, 3.8) is 0 Å². The zero-order valence-corrected chi connectivity index (χ0v) is 12.5. The molecule has 0 aromatic carbocycles. The van der Waals surface area contributed by atoms with Crippen LogP contribution >= 0.6 is 0 Å². The van der Waals surface area contributed by atoms with Crippen LogP contribution in [-0.2, 0) is 0 Å². The van der Waals surface area contributed by atoms with Crippen LogP contribution in [0, 0.1) is 11.3 Å². The second-order valence-corrected chi connectivity index (χ2v) is 7.27. The van der Waals surface area contributed by atoms with Crippen molar-refractivity contribution in [2.24, 2.45) is 11.3 Å². The Labute approximate surface area is 123 Å². The molecule has 1 unspecified atom stereocenters. The van der Waals surface area contributed by atoms with Crippen molar-refractivity contribution in [1.82, 2.24) is 4.90 Å². The molecule has 7 nitrogen and oxygen atoms in total. The van der Waals surface area contributed by atoms with E-state index in [4.69, 9.17) is 0 Å². The van der Waals surface area contributed by atoms with Gasteiger partial charge in [-0.3, -0.25) is 0 Å². The van der Waals surface area contributed by atoms with E-state index in [1.165, 1.54) is 6.92 Å². The van der Waals surface area contributed by atoms with E-state index in [0.29, 0.717) is 25.7 Å². The van der Waals surface area contributed by atoms with Crippen molar-refractivity contribution >= 4 is 0 Å². The maximum Gasteiger partial charge on any atom is 0.232 e. The molecule has 0 amide bonds. The summed E-state index contributed by atoms with van der Waals surface area (Å²) in [6, 6.07) is 0. The van der Waals surface area contributed by atoms with Crippen LogP contribution in [-0.4, -0.2) is 58.7 Å². The van der Waals surface area contributed by atoms with Crippen LogP contribution in [0.25, 0.3) is 0 Å². The number of nitrogens with zero attached hydrogens (tertiary/aromatic N) is 1. The van der Waals surface area contributed by atoms with Crippen molar-refractivity contribution < 1.29 is 30.6 Å². The molecule has 3 rings (SSSR count). The third-order valence-corrected chi connectivity index (χ3v) is 5.99. The number of hydrogen-bond donors (Lipinski definition) is 6. The summed E-state index contributed by atoms with van der Waals surface area (Å²) in [6.07, 6.45) is 2.10. The predicted molar refractivity (Wildman–Crippen MR) is 71.0 cm³/mol. The van der Waals surface area contributed by atoms with Gasteiger partial charge >= 0.3 is 0 Å². The summed E-state index contributed by atoms with van der Waals surface area (Å²) in [5, 5.41) is 62.7. The Bertz CT molecular complexity index is 454. The van der Waals surface area contributed by atoms with E-state index in [1.807, 2.05) is 0 Å². The summed E-state index contributed by atoms with van der Waals surface area (Å²) < 4.78 is 0. The molecule has 0 aromatic heterocycles. The Morgan fingerprint density at radius 2 is 1.62 bits per heavy atom. The molecule has 1 aliphatic heterocycles. The van der Waals surface area contributed by atoms with E-state index in [9.17, 15) is 30.6 Å². The number of rotatable bonds is 4. The fraction of sp³-hybridized carbons (Fsp3) is 1.00. The van der Waals surface area contributed by atoms with Crippen LogP contribution in [0.4, 0.5) is 0 Å². The molecule has 2 aliphatic carbocycles. The lowest BCUT2D eigenvalue weighted by molar-refractivity contribution is -0.422. The fourth-order valence-electron chi connectivity index (χ4n) is 4.31. The molecule has 21 heavy (non-hydrogen) atoms. The van der Waals surface area contributed by atoms with E-state index in [-0.39, 0.29) is 12.8 Å². The van der Waals surface area contributed by atoms with Crippen LogP contribution in [0.2, 0.25) is 0 Å². The molecule has 0 bridgehead atoms. The van der Waals surface area contributed by atoms with Crippen LogP contribution in [0.1, 0.15) is 52.4 Å². The van der Waals surface area contributed by atoms with Crippen LogP contribution in [0.3, 0.4) is 0 Å². The molecule has 2 saturated carbocycles. The van der Waals surface area contributed by atoms with Gasteiger partial charge < -0.3 is 30.6 Å². The minimum Gasteiger partial charge on any atom is -0.364 e. The van der Waals surface area contributed by atoms with Gasteiger partial charge in [-0.25, -0.2) is 0 Å². The van der Waals surface area contributed by atoms with Crippen LogP contribution in [0.5, 0.6) is 0 Å². The first-order valence-electron chi connectivity index (χ1n) is 7.59. The largest absolute Gasteiger partial charge is 0.364 e. The molecule has 3 fully saturated rings. The highest BCUT2D eigenvalue weighted by atomic mass is 16.6. The Hall–Kier alpha value is -0.280. The minimum atomic E-state index is -2.48. The van der Waals surface area contributed by atoms with Crippen molar-refractivity contribution in [1.29, 1.82) is 0 Å². The Morgan fingerprint density at radius 3 is 2.00 bits per heavy atom. The standard InChI is InChI=1S/C14H25NO6/c1-3-12(16,17)10(2)11(6-7-11)8-13(18,19)15(10)14(20,21)9-4-5-9/h9,16-21H,3-8H2,1-2H3. The first kappa shape index (κ1) is 15.6. The molecular weight excluding hydrogens is 278 g/mol. The third-order valence-electron chi connectivity index (χ3n) is 5.99. The predicted octanol–water partition coefficient (Wildman–Crippen LogP) is -0.991. The van der Waals surface area contributed by atoms with Gasteiger partial charge in [-0.05, 0) is 32.6 Å². The first-order valence-corrected chi connectivity index (χ1v) is 7.59. The van der Waals surface area contributed by atoms with Gasteiger partial charge in [0.25, 0.3) is 0 Å². The third kappa shape index (κ3) is 1.80. The highest BCUT2D eigenvalue weighted by Crippen LogP contribution is 2.70. The maximum absolute atomic E-state index is 10.5. The summed E-state index contributed by atoms with van der Waals surface area (Å²) in [4.78, 5) is 0.737. The highest BCUT2D eigenvalue weighted by Gasteiger charge is 2.80. The highest BCUT2D eigenvalue weighted by molar-refractivity contribution is 5.24. The molecule has 1 atom stereocenters. The van der Waals surface area contributed by atoms with Crippen molar-refractivity contribution in [2.45, 2.75) is 75.5 Å². The smallest absolute Gasteiger partial charge is 0.232 e. The molecule has 6 N–H and O–H groups in total. The summed E-state index contributed by atoms with van der Waals surface area (Å²) in [7, 11) is 0. The van der Waals surface area contributed by atoms with E-state index < -0.39 is 34.5 Å². The lowest BCUT2D eigenvalue weighted by atomic mass is 9.74. The van der Waals surface area contributed by atoms with E-state index in [0.717, 1.165) is 4.90 Å². The zero-order chi connectivity index (χ0) is 15.9. The average molecular weight is 303 g/mol. The van der Waals surface area contributed by atoms with Crippen molar-refractivity contribution in [3.8, 4) is 0 Å². The summed E-state index contributed by atoms with van der Waals surface area (Å²) in [5.74, 6) is -7.74. The van der Waals surface area contributed by atoms with Gasteiger partial charge in [-0.2, -0.15) is 4.90 Å². The summed E-state index contributed by atoms with van der Waals surface area (Å²) in [6.45, 7) is 3.06. The lowest BCUT2D eigenvalue weighted by Crippen LogP contribution is -2.73. The Kier molecular flexibility index (Phi) is 2.95. The van der Waals surface area contributed by atoms with Crippen molar-refractivity contribution in [3.05, 3.63) is 0 Å². The van der Waals surface area contributed by atoms with Gasteiger partial charge in [-0.1, -0.05) is 6.92 Å². The molecular formula is C14H25NO6. The second-order valence-electron chi connectivity index (χ2n) is 7.27. The number of aliphatic hydroxyl groups is 6. The number of hydrogen-bond acceptors (Lipinski definition) is 7. The molecule has 1 spiro atoms. The number of likely N-dealkylation sites (tertiary alicyclic amines) is 1. The van der Waals surface area contributed by atoms with Gasteiger partial charge in [0.05, 0.1) is 5.54 Å². The zero-order valence-electron chi connectivity index (χ0n) is 12.5. The second kappa shape index (κ2) is 3.97. The minimum absolute atomic E-state index is 0.0570. The topological polar surface area (TPSA) is 125 Å². The summed E-state index contributed by atoms with van der Waals surface area (Å²) in [5.41, 5.74) is -2.29. The first-order chi connectivity index (χ1) is 9.45. The van der Waals surface area contributed by atoms with E-state index in [2.05, 4.69) is 0 Å². The summed E-state index contributed by atoms with van der Waals surface area (Å²) >= 11 is 0. The van der Waals surface area contributed by atoms with Gasteiger partial charge in [0.1, 0.15) is 0 Å². The Balaban J connectivity index is 2.13. The van der Waals surface area contributed by atoms with Gasteiger partial charge in [0, 0.05) is 24.2 Å². The maximum atomic E-state index is 10.5. The molecule has 3 aliphatic rings. The average Bonchev–Trinajstić information content (AvgIpc) is 3.19. The van der Waals surface area contributed by atoms with Crippen LogP contribution < -0.4 is 0 Å². The van der Waals surface area contributed by atoms with Gasteiger partial charge in [-0.15, -0.1) is 0 Å². The molecule has 0 aromatic rings. The van der Waals surface area contributed by atoms with E-state index in [1.54, 1.807) is 6.92 Å². The Morgan fingerprint density at radius 1 is 1.10 bits per heavy atom. The molecule has 122 valence electrons. The molecule has 1 saturated heterocycles. The molecule has 0 radical (unpaired) electrons. The lowest BCUT2D eigenvalue weighted by Gasteiger charge is -2.53. The molecule has 7 heteroatoms. The van der Waals surface area contributed by atoms with Gasteiger partial charge in [0.2, 0.25) is 11.8 Å². The van der Waals surface area contributed by atoms with Gasteiger partial charge in [0.15, 0.2) is 5.79 Å². The normalized spacial score (nSPS) is 35.4. The monoisotopic (exact) mass is 303 g/mol. The van der Waals surface area contributed by atoms with Crippen LogP contribution in [0.15, 0.2) is 0 Å². The van der Waals surface area contributed by atoms with Crippen molar-refractivity contribution in [2.75, 3.05) is 0 Å². The SMILES string of the molecule is CCC(O)(O)C1(C)N(C(O)(O)C2CC2)C(O)(O)CC12CC2. The quantitative estimate of drug-likeness (QED) is 0.368.